The Morgan fingerprint density at radius 1 is 1.00 bits per heavy atom. The summed E-state index contributed by atoms with van der Waals surface area (Å²) in [6.07, 6.45) is 0. The minimum atomic E-state index is -0.452. The van der Waals surface area contributed by atoms with Gasteiger partial charge in [0, 0.05) is 12.1 Å². The molecule has 0 bridgehead atoms. The first-order chi connectivity index (χ1) is 9.25. The lowest BCUT2D eigenvalue weighted by Gasteiger charge is -2.07. The molecule has 0 heterocycles. The van der Waals surface area contributed by atoms with E-state index in [1.165, 1.54) is 30.9 Å². The fourth-order valence-electron chi connectivity index (χ4n) is 1.42. The van der Waals surface area contributed by atoms with E-state index in [1.54, 1.807) is 0 Å². The Labute approximate surface area is 110 Å². The fraction of sp³-hybridized carbons (Fsp3) is 0.0714. The summed E-state index contributed by atoms with van der Waals surface area (Å²) in [5.41, 5.74) is 0.0351. The Bertz CT molecular complexity index is 525. The van der Waals surface area contributed by atoms with E-state index in [0.29, 0.717) is 12.4 Å². The number of nitro groups is 1. The number of nitro benzene ring substituents is 1. The average Bonchev–Trinajstić information content (AvgIpc) is 2.45. The first-order valence-electron chi connectivity index (χ1n) is 5.66. The van der Waals surface area contributed by atoms with Crippen molar-refractivity contribution in [2.24, 2.45) is 0 Å². The van der Waals surface area contributed by atoms with Gasteiger partial charge in [-0.15, -0.1) is 0 Å². The van der Waals surface area contributed by atoms with Crippen molar-refractivity contribution in [1.82, 2.24) is 0 Å². The SMILES string of the molecule is O=[N+]([O-])c1ccc(O[CH]COc2ccccc2)cc1. The molecule has 0 aliphatic heterocycles. The quantitative estimate of drug-likeness (QED) is 0.453. The van der Waals surface area contributed by atoms with Crippen LogP contribution in [0.5, 0.6) is 11.5 Å². The van der Waals surface area contributed by atoms with E-state index in [1.807, 2.05) is 30.3 Å². The molecule has 2 aromatic rings. The molecule has 0 fully saturated rings. The summed E-state index contributed by atoms with van der Waals surface area (Å²) in [5.74, 6) is 1.29. The number of benzene rings is 2. The van der Waals surface area contributed by atoms with Crippen LogP contribution in [-0.2, 0) is 0 Å². The van der Waals surface area contributed by atoms with Crippen molar-refractivity contribution in [3.8, 4) is 11.5 Å². The largest absolute Gasteiger partial charge is 0.490 e. The minimum Gasteiger partial charge on any atom is -0.490 e. The van der Waals surface area contributed by atoms with Gasteiger partial charge in [0.2, 0.25) is 0 Å². The predicted octanol–water partition coefficient (Wildman–Crippen LogP) is 3.21. The molecule has 97 valence electrons. The van der Waals surface area contributed by atoms with Gasteiger partial charge >= 0.3 is 0 Å². The molecule has 0 spiro atoms. The molecule has 0 unspecified atom stereocenters. The molecule has 0 aliphatic carbocycles. The molecule has 2 rings (SSSR count). The van der Waals surface area contributed by atoms with Gasteiger partial charge in [0.15, 0.2) is 6.61 Å². The monoisotopic (exact) mass is 258 g/mol. The van der Waals surface area contributed by atoms with E-state index >= 15 is 0 Å². The van der Waals surface area contributed by atoms with Gasteiger partial charge in [-0.05, 0) is 24.3 Å². The molecule has 0 aromatic heterocycles. The van der Waals surface area contributed by atoms with Gasteiger partial charge in [-0.3, -0.25) is 10.1 Å². The third kappa shape index (κ3) is 3.99. The molecule has 0 saturated heterocycles. The fourth-order valence-corrected chi connectivity index (χ4v) is 1.42. The summed E-state index contributed by atoms with van der Waals surface area (Å²) in [6, 6.07) is 15.2. The average molecular weight is 258 g/mol. The standard InChI is InChI=1S/C14H12NO4/c16-15(17)12-6-8-14(9-7-12)19-11-10-18-13-4-2-1-3-5-13/h1-9,11H,10H2. The highest BCUT2D eigenvalue weighted by Gasteiger charge is 2.04. The van der Waals surface area contributed by atoms with Gasteiger partial charge < -0.3 is 9.47 Å². The highest BCUT2D eigenvalue weighted by atomic mass is 16.6. The summed E-state index contributed by atoms with van der Waals surface area (Å²) >= 11 is 0. The lowest BCUT2D eigenvalue weighted by atomic mass is 10.3. The van der Waals surface area contributed by atoms with Crippen molar-refractivity contribution in [2.75, 3.05) is 6.61 Å². The highest BCUT2D eigenvalue weighted by molar-refractivity contribution is 5.36. The van der Waals surface area contributed by atoms with Crippen molar-refractivity contribution in [2.45, 2.75) is 0 Å². The zero-order chi connectivity index (χ0) is 13.5. The van der Waals surface area contributed by atoms with Crippen LogP contribution in [-0.4, -0.2) is 11.5 Å². The molecule has 1 radical (unpaired) electrons. The van der Waals surface area contributed by atoms with Gasteiger partial charge in [-0.2, -0.15) is 0 Å². The summed E-state index contributed by atoms with van der Waals surface area (Å²) in [5, 5.41) is 10.5. The van der Waals surface area contributed by atoms with E-state index in [9.17, 15) is 10.1 Å². The summed E-state index contributed by atoms with van der Waals surface area (Å²) < 4.78 is 10.7. The van der Waals surface area contributed by atoms with E-state index in [2.05, 4.69) is 0 Å². The highest BCUT2D eigenvalue weighted by Crippen LogP contribution is 2.18. The Morgan fingerprint density at radius 3 is 2.32 bits per heavy atom. The lowest BCUT2D eigenvalue weighted by molar-refractivity contribution is -0.384. The van der Waals surface area contributed by atoms with Gasteiger partial charge in [0.25, 0.3) is 5.69 Å². The molecule has 0 saturated carbocycles. The van der Waals surface area contributed by atoms with E-state index < -0.39 is 4.92 Å². The normalized spacial score (nSPS) is 9.89. The molecule has 2 aromatic carbocycles. The van der Waals surface area contributed by atoms with Gasteiger partial charge in [0.05, 0.1) is 4.92 Å². The van der Waals surface area contributed by atoms with E-state index in [0.717, 1.165) is 5.75 Å². The Hall–Kier alpha value is -2.56. The second kappa shape index (κ2) is 6.39. The van der Waals surface area contributed by atoms with Crippen LogP contribution in [0.25, 0.3) is 0 Å². The lowest BCUT2D eigenvalue weighted by Crippen LogP contribution is -2.02. The molecule has 0 amide bonds. The number of nitrogens with zero attached hydrogens (tertiary/aromatic N) is 1. The molecule has 0 N–H and O–H groups in total. The number of para-hydroxylation sites is 1. The van der Waals surface area contributed by atoms with Crippen molar-refractivity contribution in [1.29, 1.82) is 0 Å². The van der Waals surface area contributed by atoms with Gasteiger partial charge in [-0.1, -0.05) is 18.2 Å². The third-order valence-corrected chi connectivity index (χ3v) is 2.33. The van der Waals surface area contributed by atoms with Crippen molar-refractivity contribution in [3.05, 3.63) is 71.3 Å². The number of hydrogen-bond donors (Lipinski definition) is 0. The number of hydrogen-bond acceptors (Lipinski definition) is 4. The summed E-state index contributed by atoms with van der Waals surface area (Å²) in [7, 11) is 0. The van der Waals surface area contributed by atoms with Crippen LogP contribution in [0.2, 0.25) is 0 Å². The van der Waals surface area contributed by atoms with E-state index in [4.69, 9.17) is 9.47 Å². The number of non-ortho nitro benzene ring substituents is 1. The maximum absolute atomic E-state index is 10.5. The second-order valence-electron chi connectivity index (χ2n) is 3.66. The summed E-state index contributed by atoms with van der Waals surface area (Å²) in [6.45, 7) is 1.79. The first-order valence-corrected chi connectivity index (χ1v) is 5.66. The zero-order valence-electron chi connectivity index (χ0n) is 10.1. The van der Waals surface area contributed by atoms with Gasteiger partial charge in [0.1, 0.15) is 18.1 Å². The minimum absolute atomic E-state index is 0.0351. The smallest absolute Gasteiger partial charge is 0.269 e. The first kappa shape index (κ1) is 12.9. The summed E-state index contributed by atoms with van der Waals surface area (Å²) in [4.78, 5) is 10.0. The Kier molecular flexibility index (Phi) is 4.34. The Morgan fingerprint density at radius 2 is 1.68 bits per heavy atom. The number of ether oxygens (including phenoxy) is 2. The van der Waals surface area contributed by atoms with Crippen LogP contribution in [0.4, 0.5) is 5.69 Å². The van der Waals surface area contributed by atoms with Crippen LogP contribution in [0.15, 0.2) is 54.6 Å². The maximum atomic E-state index is 10.5. The van der Waals surface area contributed by atoms with Crippen molar-refractivity contribution < 1.29 is 14.4 Å². The maximum Gasteiger partial charge on any atom is 0.269 e. The molecule has 19 heavy (non-hydrogen) atoms. The zero-order valence-corrected chi connectivity index (χ0v) is 10.1. The molecule has 0 atom stereocenters. The predicted molar refractivity (Wildman–Crippen MR) is 70.0 cm³/mol. The molecular weight excluding hydrogens is 246 g/mol. The van der Waals surface area contributed by atoms with Crippen LogP contribution >= 0.6 is 0 Å². The van der Waals surface area contributed by atoms with Crippen LogP contribution in [0, 0.1) is 16.7 Å². The molecule has 5 heteroatoms. The molecule has 5 nitrogen and oxygen atoms in total. The van der Waals surface area contributed by atoms with Crippen LogP contribution in [0.1, 0.15) is 0 Å². The molecular formula is C14H12NO4. The topological polar surface area (TPSA) is 61.6 Å². The second-order valence-corrected chi connectivity index (χ2v) is 3.66. The van der Waals surface area contributed by atoms with Crippen molar-refractivity contribution in [3.63, 3.8) is 0 Å². The molecule has 0 aliphatic rings. The van der Waals surface area contributed by atoms with Crippen molar-refractivity contribution >= 4 is 5.69 Å². The number of rotatable bonds is 6. The Balaban J connectivity index is 1.75. The van der Waals surface area contributed by atoms with E-state index in [-0.39, 0.29) is 5.69 Å². The van der Waals surface area contributed by atoms with Gasteiger partial charge in [-0.25, -0.2) is 0 Å². The van der Waals surface area contributed by atoms with Crippen LogP contribution in [0.3, 0.4) is 0 Å². The third-order valence-electron chi connectivity index (χ3n) is 2.33. The van der Waals surface area contributed by atoms with Crippen LogP contribution < -0.4 is 9.47 Å².